The van der Waals surface area contributed by atoms with Gasteiger partial charge in [0.2, 0.25) is 5.91 Å². The van der Waals surface area contributed by atoms with Crippen molar-refractivity contribution in [2.75, 3.05) is 19.6 Å². The van der Waals surface area contributed by atoms with Crippen LogP contribution >= 0.6 is 0 Å². The molecule has 0 aliphatic carbocycles. The molecule has 1 fully saturated rings. The van der Waals surface area contributed by atoms with Gasteiger partial charge in [0.05, 0.1) is 24.2 Å². The maximum absolute atomic E-state index is 13.4. The van der Waals surface area contributed by atoms with E-state index in [0.717, 1.165) is 41.6 Å². The van der Waals surface area contributed by atoms with E-state index in [0.29, 0.717) is 13.0 Å². The number of fused-ring (bicyclic) bond motifs is 1. The van der Waals surface area contributed by atoms with Crippen molar-refractivity contribution < 1.29 is 9.59 Å². The van der Waals surface area contributed by atoms with Gasteiger partial charge in [0, 0.05) is 13.0 Å². The first-order valence-corrected chi connectivity index (χ1v) is 11.5. The number of hydrogen-bond acceptors (Lipinski definition) is 4. The number of carbonyl (C=O) groups is 2. The zero-order valence-corrected chi connectivity index (χ0v) is 18.6. The largest absolute Gasteiger partial charge is 0.369 e. The number of likely N-dealkylation sites (tertiary alicyclic amines) is 1. The molecule has 6 nitrogen and oxygen atoms in total. The quantitative estimate of drug-likeness (QED) is 0.657. The Morgan fingerprint density at radius 3 is 2.52 bits per heavy atom. The fraction of sp³-hybridized carbons (Fsp3) is 0.296. The van der Waals surface area contributed by atoms with E-state index in [1.165, 1.54) is 5.39 Å². The normalized spacial score (nSPS) is 21.2. The van der Waals surface area contributed by atoms with Crippen LogP contribution in [0.25, 0.3) is 10.8 Å². The van der Waals surface area contributed by atoms with E-state index in [2.05, 4.69) is 30.3 Å². The van der Waals surface area contributed by atoms with E-state index >= 15 is 0 Å². The Bertz CT molecular complexity index is 1210. The molecule has 0 saturated carbocycles. The van der Waals surface area contributed by atoms with Gasteiger partial charge in [0.15, 0.2) is 0 Å². The number of piperidine rings is 1. The Labute approximate surface area is 193 Å². The number of hydrazone groups is 1. The third-order valence-electron chi connectivity index (χ3n) is 6.70. The van der Waals surface area contributed by atoms with Crippen LogP contribution in [0, 0.1) is 5.92 Å². The lowest BCUT2D eigenvalue weighted by Gasteiger charge is -2.32. The molecule has 2 N–H and O–H groups in total. The van der Waals surface area contributed by atoms with Gasteiger partial charge in [0.1, 0.15) is 0 Å². The molecular formula is C27H28N4O2. The highest BCUT2D eigenvalue weighted by Crippen LogP contribution is 2.33. The van der Waals surface area contributed by atoms with Crippen LogP contribution in [0.5, 0.6) is 0 Å². The Morgan fingerprint density at radius 1 is 0.970 bits per heavy atom. The van der Waals surface area contributed by atoms with Gasteiger partial charge in [-0.15, -0.1) is 0 Å². The molecule has 2 heterocycles. The third kappa shape index (κ3) is 4.52. The van der Waals surface area contributed by atoms with Gasteiger partial charge in [-0.2, -0.15) is 5.10 Å². The van der Waals surface area contributed by atoms with E-state index in [4.69, 9.17) is 10.8 Å². The number of hydrogen-bond donors (Lipinski definition) is 1. The highest BCUT2D eigenvalue weighted by Gasteiger charge is 2.34. The predicted octanol–water partition coefficient (Wildman–Crippen LogP) is 3.71. The summed E-state index contributed by atoms with van der Waals surface area (Å²) in [5.74, 6) is -0.524. The van der Waals surface area contributed by atoms with Crippen molar-refractivity contribution in [1.29, 1.82) is 0 Å². The monoisotopic (exact) mass is 440 g/mol. The van der Waals surface area contributed by atoms with Crippen molar-refractivity contribution in [3.8, 4) is 0 Å². The molecule has 2 unspecified atom stereocenters. The van der Waals surface area contributed by atoms with Crippen LogP contribution < -0.4 is 5.73 Å². The fourth-order valence-corrected chi connectivity index (χ4v) is 4.91. The van der Waals surface area contributed by atoms with Gasteiger partial charge in [-0.1, -0.05) is 66.7 Å². The topological polar surface area (TPSA) is 79.0 Å². The number of rotatable bonds is 5. The molecule has 2 amide bonds. The molecule has 2 atom stereocenters. The highest BCUT2D eigenvalue weighted by molar-refractivity contribution is 6.05. The second-order valence-corrected chi connectivity index (χ2v) is 8.95. The molecule has 3 aromatic rings. The number of primary amides is 1. The van der Waals surface area contributed by atoms with Crippen LogP contribution in [-0.4, -0.2) is 47.1 Å². The molecule has 3 aromatic carbocycles. The van der Waals surface area contributed by atoms with Gasteiger partial charge >= 0.3 is 0 Å². The van der Waals surface area contributed by atoms with Gasteiger partial charge in [0.25, 0.3) is 5.91 Å². The molecule has 33 heavy (non-hydrogen) atoms. The summed E-state index contributed by atoms with van der Waals surface area (Å²) in [6.45, 7) is 1.56. The lowest BCUT2D eigenvalue weighted by Crippen LogP contribution is -2.45. The lowest BCUT2D eigenvalue weighted by molar-refractivity contribution is -0.135. The first-order valence-electron chi connectivity index (χ1n) is 11.5. The molecule has 5 rings (SSSR count). The maximum Gasteiger partial charge on any atom is 0.257 e. The molecule has 6 heteroatoms. The molecule has 168 valence electrons. The summed E-state index contributed by atoms with van der Waals surface area (Å²) in [5, 5.41) is 8.81. The molecule has 0 spiro atoms. The van der Waals surface area contributed by atoms with Crippen molar-refractivity contribution in [1.82, 2.24) is 9.91 Å². The van der Waals surface area contributed by atoms with Crippen LogP contribution in [0.3, 0.4) is 0 Å². The van der Waals surface area contributed by atoms with E-state index < -0.39 is 0 Å². The van der Waals surface area contributed by atoms with Crippen molar-refractivity contribution in [3.63, 3.8) is 0 Å². The second-order valence-electron chi connectivity index (χ2n) is 8.95. The molecule has 0 bridgehead atoms. The fourth-order valence-electron chi connectivity index (χ4n) is 4.91. The van der Waals surface area contributed by atoms with Gasteiger partial charge in [-0.25, -0.2) is 5.01 Å². The highest BCUT2D eigenvalue weighted by atomic mass is 16.2. The van der Waals surface area contributed by atoms with Crippen molar-refractivity contribution in [3.05, 3.63) is 83.9 Å². The smallest absolute Gasteiger partial charge is 0.257 e. The Kier molecular flexibility index (Phi) is 5.92. The molecule has 2 aliphatic rings. The minimum atomic E-state index is -0.285. The minimum absolute atomic E-state index is 0.0511. The first kappa shape index (κ1) is 21.3. The Morgan fingerprint density at radius 2 is 1.73 bits per heavy atom. The summed E-state index contributed by atoms with van der Waals surface area (Å²) in [6.07, 6.45) is 2.33. The summed E-state index contributed by atoms with van der Waals surface area (Å²) in [6, 6.07) is 24.5. The summed E-state index contributed by atoms with van der Waals surface area (Å²) < 4.78 is 0. The average Bonchev–Trinajstić information content (AvgIpc) is 3.30. The average molecular weight is 441 g/mol. The molecular weight excluding hydrogens is 412 g/mol. The van der Waals surface area contributed by atoms with Crippen molar-refractivity contribution in [2.45, 2.75) is 25.3 Å². The Hall–Kier alpha value is -3.51. The van der Waals surface area contributed by atoms with Gasteiger partial charge < -0.3 is 5.73 Å². The molecule has 1 saturated heterocycles. The minimum Gasteiger partial charge on any atom is -0.369 e. The zero-order chi connectivity index (χ0) is 22.8. The van der Waals surface area contributed by atoms with E-state index in [9.17, 15) is 9.59 Å². The number of amides is 2. The standard InChI is InChI=1S/C27H28N4O2/c28-27(33)23-11-6-14-30(17-23)18-26(32)31-25(20-8-2-1-3-9-20)16-24(29-31)22-13-12-19-7-4-5-10-21(19)15-22/h1-5,7-10,12-13,15,23,25H,6,11,14,16-18H2,(H2,28,33). The number of carbonyl (C=O) groups excluding carboxylic acids is 2. The van der Waals surface area contributed by atoms with Crippen LogP contribution in [0.15, 0.2) is 77.9 Å². The third-order valence-corrected chi connectivity index (χ3v) is 6.70. The summed E-state index contributed by atoms with van der Waals surface area (Å²) in [7, 11) is 0. The first-order chi connectivity index (χ1) is 16.1. The number of benzene rings is 3. The lowest BCUT2D eigenvalue weighted by atomic mass is 9.96. The number of nitrogens with two attached hydrogens (primary N) is 1. The molecule has 2 aliphatic heterocycles. The van der Waals surface area contributed by atoms with E-state index in [-0.39, 0.29) is 30.3 Å². The summed E-state index contributed by atoms with van der Waals surface area (Å²) >= 11 is 0. The van der Waals surface area contributed by atoms with Crippen molar-refractivity contribution in [2.24, 2.45) is 16.8 Å². The van der Waals surface area contributed by atoms with Crippen molar-refractivity contribution >= 4 is 28.3 Å². The summed E-state index contributed by atoms with van der Waals surface area (Å²) in [4.78, 5) is 27.1. The zero-order valence-electron chi connectivity index (χ0n) is 18.6. The SMILES string of the molecule is NC(=O)C1CCCN(CC(=O)N2N=C(c3ccc4ccccc4c3)CC2c2ccccc2)C1. The van der Waals surface area contributed by atoms with Crippen LogP contribution in [0.1, 0.15) is 36.4 Å². The van der Waals surface area contributed by atoms with Crippen LogP contribution in [0.2, 0.25) is 0 Å². The van der Waals surface area contributed by atoms with Gasteiger partial charge in [-0.3, -0.25) is 14.5 Å². The Balaban J connectivity index is 1.42. The van der Waals surface area contributed by atoms with Gasteiger partial charge in [-0.05, 0) is 47.4 Å². The van der Waals surface area contributed by atoms with E-state index in [1.807, 2.05) is 47.4 Å². The summed E-state index contributed by atoms with van der Waals surface area (Å²) in [5.41, 5.74) is 8.54. The van der Waals surface area contributed by atoms with Crippen LogP contribution in [0.4, 0.5) is 0 Å². The van der Waals surface area contributed by atoms with E-state index in [1.54, 1.807) is 5.01 Å². The second kappa shape index (κ2) is 9.16. The maximum atomic E-state index is 13.4. The molecule has 0 radical (unpaired) electrons. The van der Waals surface area contributed by atoms with Crippen LogP contribution in [-0.2, 0) is 9.59 Å². The molecule has 0 aromatic heterocycles. The number of nitrogens with zero attached hydrogens (tertiary/aromatic N) is 3. The predicted molar refractivity (Wildman–Crippen MR) is 129 cm³/mol.